The van der Waals surface area contributed by atoms with Gasteiger partial charge in [-0.3, -0.25) is 14.4 Å². The Labute approximate surface area is 211 Å². The molecule has 0 atom stereocenters. The van der Waals surface area contributed by atoms with E-state index in [2.05, 4.69) is 9.64 Å². The van der Waals surface area contributed by atoms with Crippen molar-refractivity contribution in [1.29, 1.82) is 0 Å². The first kappa shape index (κ1) is 26.3. The van der Waals surface area contributed by atoms with Crippen LogP contribution < -0.4 is 10.3 Å². The van der Waals surface area contributed by atoms with E-state index in [0.29, 0.717) is 23.8 Å². The minimum Gasteiger partial charge on any atom is -0.406 e. The Bertz CT molecular complexity index is 1210. The summed E-state index contributed by atoms with van der Waals surface area (Å²) in [6.45, 7) is 2.29. The lowest BCUT2D eigenvalue weighted by Crippen LogP contribution is -2.34. The van der Waals surface area contributed by atoms with Gasteiger partial charge in [0.05, 0.1) is 11.4 Å². The number of piperidine rings is 1. The van der Waals surface area contributed by atoms with Gasteiger partial charge >= 0.3 is 6.36 Å². The first-order chi connectivity index (χ1) is 17.1. The standard InChI is InChI=1S/C26H28ClF4N3O2/c1-32-23(24(27)25(35)34(32)21-9-11-22(12-10-21)36-26(29,30)31)17-33-15-13-19(14-16-33)4-2-3-18-5-7-20(28)8-6-18/h5-12,19H,2-4,13-17H2,1H3. The number of hydrogen-bond acceptors (Lipinski definition) is 3. The van der Waals surface area contributed by atoms with E-state index in [9.17, 15) is 22.4 Å². The normalized spacial score (nSPS) is 15.4. The molecule has 10 heteroatoms. The van der Waals surface area contributed by atoms with Gasteiger partial charge in [-0.2, -0.15) is 0 Å². The summed E-state index contributed by atoms with van der Waals surface area (Å²) in [6, 6.07) is 11.8. The smallest absolute Gasteiger partial charge is 0.406 e. The van der Waals surface area contributed by atoms with Gasteiger partial charge in [-0.25, -0.2) is 9.07 Å². The summed E-state index contributed by atoms with van der Waals surface area (Å²) in [7, 11) is 1.71. The highest BCUT2D eigenvalue weighted by molar-refractivity contribution is 6.31. The molecule has 0 aliphatic carbocycles. The number of alkyl halides is 3. The molecule has 5 nitrogen and oxygen atoms in total. The minimum absolute atomic E-state index is 0.106. The first-order valence-corrected chi connectivity index (χ1v) is 12.3. The average molecular weight is 526 g/mol. The zero-order chi connectivity index (χ0) is 25.9. The molecule has 0 N–H and O–H groups in total. The predicted molar refractivity (Wildman–Crippen MR) is 130 cm³/mol. The number of nitrogens with zero attached hydrogens (tertiary/aromatic N) is 3. The molecule has 1 saturated heterocycles. The van der Waals surface area contributed by atoms with Crippen molar-refractivity contribution < 1.29 is 22.3 Å². The zero-order valence-corrected chi connectivity index (χ0v) is 20.7. The number of benzene rings is 2. The van der Waals surface area contributed by atoms with E-state index in [1.54, 1.807) is 11.7 Å². The fourth-order valence-corrected chi connectivity index (χ4v) is 5.02. The maximum atomic E-state index is 13.0. The summed E-state index contributed by atoms with van der Waals surface area (Å²) in [5.41, 5.74) is 1.78. The highest BCUT2D eigenvalue weighted by Crippen LogP contribution is 2.27. The molecule has 194 valence electrons. The van der Waals surface area contributed by atoms with E-state index in [0.717, 1.165) is 62.9 Å². The average Bonchev–Trinajstić information content (AvgIpc) is 3.04. The van der Waals surface area contributed by atoms with Gasteiger partial charge < -0.3 is 4.74 Å². The van der Waals surface area contributed by atoms with E-state index in [1.807, 2.05) is 12.1 Å². The lowest BCUT2D eigenvalue weighted by atomic mass is 9.90. The molecule has 4 rings (SSSR count). The van der Waals surface area contributed by atoms with Crippen LogP contribution in [0.3, 0.4) is 0 Å². The van der Waals surface area contributed by atoms with E-state index in [1.165, 1.54) is 28.9 Å². The topological polar surface area (TPSA) is 39.4 Å². The number of ether oxygens (including phenoxy) is 1. The van der Waals surface area contributed by atoms with E-state index in [4.69, 9.17) is 11.6 Å². The lowest BCUT2D eigenvalue weighted by Gasteiger charge is -2.32. The fraction of sp³-hybridized carbons (Fsp3) is 0.423. The second-order valence-corrected chi connectivity index (χ2v) is 9.56. The number of hydrogen-bond donors (Lipinski definition) is 0. The van der Waals surface area contributed by atoms with Gasteiger partial charge in [0, 0.05) is 13.6 Å². The molecule has 1 aliphatic rings. The Balaban J connectivity index is 1.33. The van der Waals surface area contributed by atoms with Crippen LogP contribution in [0.4, 0.5) is 17.6 Å². The summed E-state index contributed by atoms with van der Waals surface area (Å²) < 4.78 is 57.2. The molecule has 2 aromatic carbocycles. The number of aryl methyl sites for hydroxylation is 1. The van der Waals surface area contributed by atoms with Gasteiger partial charge in [0.25, 0.3) is 5.56 Å². The molecule has 36 heavy (non-hydrogen) atoms. The third-order valence-electron chi connectivity index (χ3n) is 6.71. The summed E-state index contributed by atoms with van der Waals surface area (Å²) in [4.78, 5) is 15.1. The molecule has 0 radical (unpaired) electrons. The third-order valence-corrected chi connectivity index (χ3v) is 7.09. The van der Waals surface area contributed by atoms with Crippen LogP contribution >= 0.6 is 11.6 Å². The second kappa shape index (κ2) is 11.1. The summed E-state index contributed by atoms with van der Waals surface area (Å²) in [5.74, 6) is 0.0518. The molecule has 0 saturated carbocycles. The van der Waals surface area contributed by atoms with Crippen molar-refractivity contribution in [3.8, 4) is 11.4 Å². The van der Waals surface area contributed by atoms with Gasteiger partial charge in [-0.15, -0.1) is 13.2 Å². The van der Waals surface area contributed by atoms with Crippen molar-refractivity contribution in [1.82, 2.24) is 14.3 Å². The van der Waals surface area contributed by atoms with Crippen molar-refractivity contribution in [2.45, 2.75) is 45.0 Å². The number of halogens is 5. The lowest BCUT2D eigenvalue weighted by molar-refractivity contribution is -0.274. The van der Waals surface area contributed by atoms with Crippen LogP contribution in [0.2, 0.25) is 5.02 Å². The van der Waals surface area contributed by atoms with Gasteiger partial charge in [-0.1, -0.05) is 30.2 Å². The van der Waals surface area contributed by atoms with Crippen molar-refractivity contribution in [2.75, 3.05) is 13.1 Å². The molecular formula is C26H28ClF4N3O2. The molecular weight excluding hydrogens is 498 g/mol. The number of aromatic nitrogens is 2. The zero-order valence-electron chi connectivity index (χ0n) is 19.9. The van der Waals surface area contributed by atoms with Crippen LogP contribution in [0, 0.1) is 11.7 Å². The van der Waals surface area contributed by atoms with Gasteiger partial charge in [0.2, 0.25) is 0 Å². The molecule has 2 heterocycles. The van der Waals surface area contributed by atoms with Crippen LogP contribution in [-0.4, -0.2) is 33.7 Å². The maximum absolute atomic E-state index is 13.0. The first-order valence-electron chi connectivity index (χ1n) is 11.9. The van der Waals surface area contributed by atoms with Crippen molar-refractivity contribution in [2.24, 2.45) is 13.0 Å². The van der Waals surface area contributed by atoms with Crippen molar-refractivity contribution in [3.63, 3.8) is 0 Å². The highest BCUT2D eigenvalue weighted by atomic mass is 35.5. The Kier molecular flexibility index (Phi) is 8.10. The third kappa shape index (κ3) is 6.50. The van der Waals surface area contributed by atoms with Crippen molar-refractivity contribution in [3.05, 3.63) is 81.0 Å². The number of likely N-dealkylation sites (tertiary alicyclic amines) is 1. The van der Waals surface area contributed by atoms with Gasteiger partial charge in [0.1, 0.15) is 16.6 Å². The molecule has 0 spiro atoms. The highest BCUT2D eigenvalue weighted by Gasteiger charge is 2.31. The van der Waals surface area contributed by atoms with Crippen LogP contribution in [0.15, 0.2) is 53.3 Å². The summed E-state index contributed by atoms with van der Waals surface area (Å²) in [5, 5.41) is 0.106. The van der Waals surface area contributed by atoms with Crippen LogP contribution in [-0.2, 0) is 20.0 Å². The summed E-state index contributed by atoms with van der Waals surface area (Å²) in [6.07, 6.45) is 0.443. The number of rotatable bonds is 8. The Morgan fingerprint density at radius 3 is 2.28 bits per heavy atom. The van der Waals surface area contributed by atoms with Crippen molar-refractivity contribution >= 4 is 11.6 Å². The largest absolute Gasteiger partial charge is 0.573 e. The molecule has 1 fully saturated rings. The molecule has 0 bridgehead atoms. The molecule has 1 aromatic heterocycles. The SMILES string of the molecule is Cn1c(CN2CCC(CCCc3ccc(F)cc3)CC2)c(Cl)c(=O)n1-c1ccc(OC(F)(F)F)cc1. The Morgan fingerprint density at radius 1 is 1.03 bits per heavy atom. The quantitative estimate of drug-likeness (QED) is 0.334. The molecule has 0 amide bonds. The predicted octanol–water partition coefficient (Wildman–Crippen LogP) is 6.10. The second-order valence-electron chi connectivity index (χ2n) is 9.18. The van der Waals surface area contributed by atoms with Crippen LogP contribution in [0.25, 0.3) is 5.69 Å². The fourth-order valence-electron chi connectivity index (χ4n) is 4.76. The minimum atomic E-state index is -4.78. The molecule has 0 unspecified atom stereocenters. The Hall–Kier alpha value is -2.78. The maximum Gasteiger partial charge on any atom is 0.573 e. The van der Waals surface area contributed by atoms with Gasteiger partial charge in [-0.05, 0) is 86.7 Å². The monoisotopic (exact) mass is 525 g/mol. The van der Waals surface area contributed by atoms with E-state index in [-0.39, 0.29) is 16.6 Å². The molecule has 1 aliphatic heterocycles. The van der Waals surface area contributed by atoms with E-state index >= 15 is 0 Å². The van der Waals surface area contributed by atoms with Gasteiger partial charge in [0.15, 0.2) is 0 Å². The van der Waals surface area contributed by atoms with Crippen LogP contribution in [0.1, 0.15) is 36.9 Å². The summed E-state index contributed by atoms with van der Waals surface area (Å²) >= 11 is 6.39. The van der Waals surface area contributed by atoms with E-state index < -0.39 is 11.9 Å². The molecule has 3 aromatic rings. The van der Waals surface area contributed by atoms with Crippen LogP contribution in [0.5, 0.6) is 5.75 Å². The Morgan fingerprint density at radius 2 is 1.67 bits per heavy atom.